The van der Waals surface area contributed by atoms with Crippen LogP contribution in [0.1, 0.15) is 31.7 Å². The predicted molar refractivity (Wildman–Crippen MR) is 69.4 cm³/mol. The number of aliphatic carboxylic acids is 1. The van der Waals surface area contributed by atoms with Crippen molar-refractivity contribution in [3.05, 3.63) is 40.4 Å². The van der Waals surface area contributed by atoms with E-state index in [0.29, 0.717) is 0 Å². The molecule has 0 amide bonds. The number of halogens is 1. The maximum Gasteiger partial charge on any atom is 0.343 e. The van der Waals surface area contributed by atoms with Gasteiger partial charge in [0.05, 0.1) is 0 Å². The van der Waals surface area contributed by atoms with Gasteiger partial charge in [-0.25, -0.2) is 4.79 Å². The molecule has 0 aliphatic rings. The van der Waals surface area contributed by atoms with Crippen molar-refractivity contribution in [3.63, 3.8) is 0 Å². The Morgan fingerprint density at radius 3 is 2.44 bits per heavy atom. The van der Waals surface area contributed by atoms with E-state index < -0.39 is 5.97 Å². The number of carboxylic acids is 1. The van der Waals surface area contributed by atoms with Gasteiger partial charge < -0.3 is 5.11 Å². The Morgan fingerprint density at radius 1 is 1.31 bits per heavy atom. The van der Waals surface area contributed by atoms with Crippen molar-refractivity contribution in [1.29, 1.82) is 0 Å². The third-order valence-electron chi connectivity index (χ3n) is 2.36. The van der Waals surface area contributed by atoms with E-state index >= 15 is 0 Å². The average Bonchev–Trinajstić information content (AvgIpc) is 2.30. The molecule has 1 aromatic carbocycles. The Hall–Kier alpha value is -1.09. The van der Waals surface area contributed by atoms with Gasteiger partial charge >= 0.3 is 5.97 Å². The van der Waals surface area contributed by atoms with Gasteiger partial charge in [-0.2, -0.15) is 0 Å². The monoisotopic (exact) mass is 282 g/mol. The highest BCUT2D eigenvalue weighted by Gasteiger charge is 2.12. The van der Waals surface area contributed by atoms with Gasteiger partial charge in [-0.1, -0.05) is 43.7 Å². The molecule has 86 valence electrons. The molecule has 1 aromatic rings. The highest BCUT2D eigenvalue weighted by Crippen LogP contribution is 2.27. The minimum atomic E-state index is -0.907. The minimum Gasteiger partial charge on any atom is -0.477 e. The smallest absolute Gasteiger partial charge is 0.343 e. The number of benzene rings is 1. The first kappa shape index (κ1) is 13.0. The van der Waals surface area contributed by atoms with Crippen molar-refractivity contribution in [2.45, 2.75) is 26.2 Å². The lowest BCUT2D eigenvalue weighted by molar-refractivity contribution is -0.131. The first-order valence-corrected chi connectivity index (χ1v) is 6.13. The summed E-state index contributed by atoms with van der Waals surface area (Å²) in [5.74, 6) is -0.907. The van der Waals surface area contributed by atoms with Crippen molar-refractivity contribution < 1.29 is 9.90 Å². The molecule has 1 N–H and O–H groups in total. The van der Waals surface area contributed by atoms with Crippen molar-refractivity contribution >= 4 is 27.5 Å². The van der Waals surface area contributed by atoms with Crippen LogP contribution in [-0.4, -0.2) is 11.1 Å². The van der Waals surface area contributed by atoms with E-state index in [1.807, 2.05) is 30.3 Å². The quantitative estimate of drug-likeness (QED) is 0.827. The Labute approximate surface area is 104 Å². The molecule has 0 fully saturated rings. The van der Waals surface area contributed by atoms with Crippen LogP contribution in [0, 0.1) is 0 Å². The molecule has 0 aliphatic carbocycles. The van der Waals surface area contributed by atoms with E-state index in [9.17, 15) is 4.79 Å². The molecule has 0 bridgehead atoms. The second-order valence-electron chi connectivity index (χ2n) is 3.57. The molecule has 0 atom stereocenters. The molecule has 0 saturated heterocycles. The van der Waals surface area contributed by atoms with Crippen LogP contribution in [0.3, 0.4) is 0 Å². The molecular formula is C13H15BrO2. The summed E-state index contributed by atoms with van der Waals surface area (Å²) in [5, 5.41) is 9.01. The van der Waals surface area contributed by atoms with Gasteiger partial charge in [-0.3, -0.25) is 0 Å². The second kappa shape index (κ2) is 6.48. The normalized spacial score (nSPS) is 12.1. The van der Waals surface area contributed by atoms with Crippen LogP contribution in [0.5, 0.6) is 0 Å². The fraction of sp³-hybridized carbons (Fsp3) is 0.308. The standard InChI is InChI=1S/C13H15BrO2/c1-2-3-9-11(12(14)13(15)16)10-7-5-4-6-8-10/h4-8H,2-3,9H2,1H3,(H,15,16). The number of hydrogen-bond acceptors (Lipinski definition) is 1. The molecule has 1 rings (SSSR count). The summed E-state index contributed by atoms with van der Waals surface area (Å²) in [4.78, 5) is 11.0. The molecule has 0 aliphatic heterocycles. The van der Waals surface area contributed by atoms with E-state index in [1.54, 1.807) is 0 Å². The summed E-state index contributed by atoms with van der Waals surface area (Å²) < 4.78 is 0.271. The molecule has 0 heterocycles. The molecule has 0 spiro atoms. The van der Waals surface area contributed by atoms with E-state index in [0.717, 1.165) is 30.4 Å². The topological polar surface area (TPSA) is 37.3 Å². The maximum atomic E-state index is 11.0. The largest absolute Gasteiger partial charge is 0.477 e. The zero-order valence-electron chi connectivity index (χ0n) is 9.24. The molecule has 0 radical (unpaired) electrons. The first-order chi connectivity index (χ1) is 7.66. The van der Waals surface area contributed by atoms with Crippen molar-refractivity contribution in [1.82, 2.24) is 0 Å². The van der Waals surface area contributed by atoms with Crippen molar-refractivity contribution in [2.75, 3.05) is 0 Å². The van der Waals surface area contributed by atoms with Crippen LogP contribution in [0.4, 0.5) is 0 Å². The Kier molecular flexibility index (Phi) is 5.26. The second-order valence-corrected chi connectivity index (χ2v) is 4.36. The van der Waals surface area contributed by atoms with Crippen LogP contribution in [0.25, 0.3) is 5.57 Å². The van der Waals surface area contributed by atoms with Gasteiger partial charge in [-0.15, -0.1) is 0 Å². The summed E-state index contributed by atoms with van der Waals surface area (Å²) >= 11 is 3.16. The summed E-state index contributed by atoms with van der Waals surface area (Å²) in [7, 11) is 0. The molecule has 2 nitrogen and oxygen atoms in total. The van der Waals surface area contributed by atoms with Gasteiger partial charge in [0, 0.05) is 0 Å². The minimum absolute atomic E-state index is 0.271. The third kappa shape index (κ3) is 3.49. The fourth-order valence-electron chi connectivity index (χ4n) is 1.50. The fourth-order valence-corrected chi connectivity index (χ4v) is 1.93. The third-order valence-corrected chi connectivity index (χ3v) is 3.17. The van der Waals surface area contributed by atoms with Crippen molar-refractivity contribution in [3.8, 4) is 0 Å². The lowest BCUT2D eigenvalue weighted by Gasteiger charge is -2.08. The van der Waals surface area contributed by atoms with Gasteiger partial charge in [0.2, 0.25) is 0 Å². The van der Waals surface area contributed by atoms with E-state index in [2.05, 4.69) is 22.9 Å². The van der Waals surface area contributed by atoms with E-state index in [1.165, 1.54) is 0 Å². The molecule has 3 heteroatoms. The van der Waals surface area contributed by atoms with Gasteiger partial charge in [0.25, 0.3) is 0 Å². The van der Waals surface area contributed by atoms with Crippen LogP contribution >= 0.6 is 15.9 Å². The number of rotatable bonds is 5. The zero-order valence-corrected chi connectivity index (χ0v) is 10.8. The zero-order chi connectivity index (χ0) is 12.0. The first-order valence-electron chi connectivity index (χ1n) is 5.34. The summed E-state index contributed by atoms with van der Waals surface area (Å²) in [6, 6.07) is 9.65. The van der Waals surface area contributed by atoms with Crippen LogP contribution in [0.15, 0.2) is 34.8 Å². The molecule has 16 heavy (non-hydrogen) atoms. The summed E-state index contributed by atoms with van der Waals surface area (Å²) in [5.41, 5.74) is 1.85. The highest BCUT2D eigenvalue weighted by molar-refractivity contribution is 9.12. The number of unbranched alkanes of at least 4 members (excludes halogenated alkanes) is 1. The number of allylic oxidation sites excluding steroid dienone is 1. The number of hydrogen-bond donors (Lipinski definition) is 1. The lowest BCUT2D eigenvalue weighted by atomic mass is 10.00. The van der Waals surface area contributed by atoms with Gasteiger partial charge in [-0.05, 0) is 39.9 Å². The molecule has 0 aromatic heterocycles. The predicted octanol–water partition coefficient (Wildman–Crippen LogP) is 4.07. The van der Waals surface area contributed by atoms with E-state index in [4.69, 9.17) is 5.11 Å². The van der Waals surface area contributed by atoms with Crippen LogP contribution < -0.4 is 0 Å². The highest BCUT2D eigenvalue weighted by atomic mass is 79.9. The number of carboxylic acid groups (broad SMARTS) is 1. The van der Waals surface area contributed by atoms with E-state index in [-0.39, 0.29) is 4.48 Å². The Bertz CT molecular complexity index is 382. The van der Waals surface area contributed by atoms with Crippen LogP contribution in [-0.2, 0) is 4.79 Å². The van der Waals surface area contributed by atoms with Crippen molar-refractivity contribution in [2.24, 2.45) is 0 Å². The SMILES string of the molecule is CCCCC(=C(Br)C(=O)O)c1ccccc1. The van der Waals surface area contributed by atoms with Gasteiger partial charge in [0.1, 0.15) is 4.48 Å². The average molecular weight is 283 g/mol. The Morgan fingerprint density at radius 2 is 1.94 bits per heavy atom. The summed E-state index contributed by atoms with van der Waals surface area (Å²) in [6.45, 7) is 2.09. The molecular weight excluding hydrogens is 268 g/mol. The van der Waals surface area contributed by atoms with Gasteiger partial charge in [0.15, 0.2) is 0 Å². The number of carbonyl (C=O) groups is 1. The molecule has 0 unspecified atom stereocenters. The maximum absolute atomic E-state index is 11.0. The molecule has 0 saturated carbocycles. The Balaban J connectivity index is 3.06. The lowest BCUT2D eigenvalue weighted by Crippen LogP contribution is -1.98. The van der Waals surface area contributed by atoms with Crippen LogP contribution in [0.2, 0.25) is 0 Å². The summed E-state index contributed by atoms with van der Waals surface area (Å²) in [6.07, 6.45) is 2.83.